The van der Waals surface area contributed by atoms with Crippen LogP contribution in [0.1, 0.15) is 15.9 Å². The van der Waals surface area contributed by atoms with E-state index in [0.29, 0.717) is 3.57 Å². The molecule has 0 aliphatic heterocycles. The number of aliphatic hydroxyl groups is 3. The number of carbonyl (C=O) groups excluding carboxylic acids is 1. The summed E-state index contributed by atoms with van der Waals surface area (Å²) < 4.78 is 44.2. The number of oxime groups is 1. The Hall–Kier alpha value is -2.46. The van der Waals surface area contributed by atoms with Gasteiger partial charge >= 0.3 is 0 Å². The highest BCUT2D eigenvalue weighted by molar-refractivity contribution is 14.1. The Bertz CT molecular complexity index is 980. The van der Waals surface area contributed by atoms with Crippen LogP contribution in [0.15, 0.2) is 29.4 Å². The number of nitrogens with one attached hydrogen (secondary N) is 2. The van der Waals surface area contributed by atoms with E-state index in [2.05, 4.69) is 15.3 Å². The van der Waals surface area contributed by atoms with Crippen molar-refractivity contribution in [1.82, 2.24) is 5.48 Å². The first kappa shape index (κ1) is 25.8. The first-order chi connectivity index (χ1) is 15.3. The van der Waals surface area contributed by atoms with Crippen LogP contribution in [0.3, 0.4) is 0 Å². The average molecular weight is 569 g/mol. The van der Waals surface area contributed by atoms with E-state index >= 15 is 0 Å². The Morgan fingerprint density at radius 2 is 1.97 bits per heavy atom. The second-order valence-electron chi connectivity index (χ2n) is 6.14. The van der Waals surface area contributed by atoms with E-state index in [-0.39, 0.29) is 12.3 Å². The molecule has 9 nitrogen and oxygen atoms in total. The molecule has 0 aromatic heterocycles. The standard InChI is InChI=1S/C19H19F3IN3O6/c20-14-6-11(23)1-2-15(14)25-18-13(19(30)26-31-4-3-27)5-10(16(21)17(18)22)7-24-32-9-12(29)8-28/h1-2,5-7,12,25,27-29H,3-4,8-9H2,(H,26,30)/t12-/m1/s1. The van der Waals surface area contributed by atoms with Gasteiger partial charge in [-0.3, -0.25) is 9.63 Å². The molecule has 0 aliphatic carbocycles. The van der Waals surface area contributed by atoms with Gasteiger partial charge in [0.1, 0.15) is 18.5 Å². The fourth-order valence-corrected chi connectivity index (χ4v) is 2.71. The van der Waals surface area contributed by atoms with Gasteiger partial charge in [0.25, 0.3) is 5.91 Å². The lowest BCUT2D eigenvalue weighted by Gasteiger charge is -2.15. The molecule has 0 bridgehead atoms. The Morgan fingerprint density at radius 1 is 1.22 bits per heavy atom. The van der Waals surface area contributed by atoms with Gasteiger partial charge in [-0.25, -0.2) is 18.7 Å². The first-order valence-electron chi connectivity index (χ1n) is 8.99. The predicted octanol–water partition coefficient (Wildman–Crippen LogP) is 1.81. The molecule has 32 heavy (non-hydrogen) atoms. The van der Waals surface area contributed by atoms with Crippen LogP contribution < -0.4 is 10.8 Å². The predicted molar refractivity (Wildman–Crippen MR) is 116 cm³/mol. The van der Waals surface area contributed by atoms with Crippen LogP contribution in [0.2, 0.25) is 0 Å². The summed E-state index contributed by atoms with van der Waals surface area (Å²) in [6.07, 6.45) is -0.475. The number of hydroxylamine groups is 1. The molecule has 13 heteroatoms. The zero-order chi connectivity index (χ0) is 23.7. The van der Waals surface area contributed by atoms with E-state index in [1.165, 1.54) is 12.1 Å². The van der Waals surface area contributed by atoms with Gasteiger partial charge in [-0.1, -0.05) is 5.16 Å². The van der Waals surface area contributed by atoms with E-state index in [1.54, 1.807) is 0 Å². The maximum absolute atomic E-state index is 14.9. The fourth-order valence-electron chi connectivity index (χ4n) is 2.26. The summed E-state index contributed by atoms with van der Waals surface area (Å²) in [5, 5.41) is 32.4. The number of hydrogen-bond donors (Lipinski definition) is 5. The monoisotopic (exact) mass is 569 g/mol. The van der Waals surface area contributed by atoms with Crippen molar-refractivity contribution in [3.05, 3.63) is 56.4 Å². The van der Waals surface area contributed by atoms with Gasteiger partial charge in [-0.05, 0) is 46.9 Å². The summed E-state index contributed by atoms with van der Waals surface area (Å²) in [4.78, 5) is 21.8. The van der Waals surface area contributed by atoms with Crippen molar-refractivity contribution in [2.24, 2.45) is 5.16 Å². The highest BCUT2D eigenvalue weighted by Crippen LogP contribution is 2.30. The maximum atomic E-state index is 14.9. The normalized spacial score (nSPS) is 12.1. The topological polar surface area (TPSA) is 133 Å². The lowest BCUT2D eigenvalue weighted by Crippen LogP contribution is -2.26. The molecule has 0 heterocycles. The van der Waals surface area contributed by atoms with Crippen molar-refractivity contribution >= 4 is 46.1 Å². The molecule has 0 saturated heterocycles. The number of anilines is 2. The van der Waals surface area contributed by atoms with Crippen LogP contribution in [0.25, 0.3) is 0 Å². The second kappa shape index (κ2) is 12.5. The highest BCUT2D eigenvalue weighted by atomic mass is 127. The largest absolute Gasteiger partial charge is 0.394 e. The lowest BCUT2D eigenvalue weighted by molar-refractivity contribution is 0.00882. The smallest absolute Gasteiger partial charge is 0.277 e. The van der Waals surface area contributed by atoms with E-state index < -0.39 is 66.1 Å². The zero-order valence-electron chi connectivity index (χ0n) is 16.3. The number of hydrogen-bond acceptors (Lipinski definition) is 8. The number of nitrogens with zero attached hydrogens (tertiary/aromatic N) is 1. The van der Waals surface area contributed by atoms with E-state index in [9.17, 15) is 23.1 Å². The minimum atomic E-state index is -1.50. The van der Waals surface area contributed by atoms with Gasteiger partial charge in [-0.2, -0.15) is 0 Å². The molecule has 0 fully saturated rings. The number of halogens is 4. The summed E-state index contributed by atoms with van der Waals surface area (Å²) >= 11 is 1.87. The molecule has 0 saturated carbocycles. The molecule has 1 amide bonds. The van der Waals surface area contributed by atoms with E-state index in [0.717, 1.165) is 18.3 Å². The molecular formula is C19H19F3IN3O6. The molecule has 0 spiro atoms. The number of benzene rings is 2. The molecule has 1 atom stereocenters. The van der Waals surface area contributed by atoms with Gasteiger partial charge < -0.3 is 25.5 Å². The van der Waals surface area contributed by atoms with Crippen LogP contribution in [0.5, 0.6) is 0 Å². The van der Waals surface area contributed by atoms with Gasteiger partial charge in [0.2, 0.25) is 0 Å². The van der Waals surface area contributed by atoms with Gasteiger partial charge in [0, 0.05) is 9.13 Å². The Kier molecular flexibility index (Phi) is 10.1. The molecule has 0 unspecified atom stereocenters. The maximum Gasteiger partial charge on any atom is 0.277 e. The third kappa shape index (κ3) is 7.03. The quantitative estimate of drug-likeness (QED) is 0.121. The van der Waals surface area contributed by atoms with Crippen LogP contribution in [-0.4, -0.2) is 60.0 Å². The summed E-state index contributed by atoms with van der Waals surface area (Å²) in [6, 6.07) is 4.87. The van der Waals surface area contributed by atoms with Crippen molar-refractivity contribution in [1.29, 1.82) is 0 Å². The lowest BCUT2D eigenvalue weighted by atomic mass is 10.1. The van der Waals surface area contributed by atoms with Crippen molar-refractivity contribution in [2.75, 3.05) is 31.7 Å². The fraction of sp³-hybridized carbons (Fsp3) is 0.263. The molecule has 2 aromatic carbocycles. The molecular weight excluding hydrogens is 550 g/mol. The van der Waals surface area contributed by atoms with Crippen LogP contribution in [0, 0.1) is 21.0 Å². The molecule has 0 aliphatic rings. The molecule has 2 rings (SSSR count). The second-order valence-corrected chi connectivity index (χ2v) is 7.38. The zero-order valence-corrected chi connectivity index (χ0v) is 18.5. The van der Waals surface area contributed by atoms with Gasteiger partial charge in [-0.15, -0.1) is 0 Å². The molecule has 0 radical (unpaired) electrons. The third-order valence-electron chi connectivity index (χ3n) is 3.77. The number of amides is 1. The SMILES string of the molecule is O=C(NOCCO)c1cc(C=NOC[C@H](O)CO)c(F)c(F)c1Nc1ccc(I)cc1F. The number of rotatable bonds is 11. The van der Waals surface area contributed by atoms with Gasteiger partial charge in [0.05, 0.1) is 43.0 Å². The average Bonchev–Trinajstić information content (AvgIpc) is 2.77. The Morgan fingerprint density at radius 3 is 2.62 bits per heavy atom. The summed E-state index contributed by atoms with van der Waals surface area (Å²) in [5.74, 6) is -4.70. The van der Waals surface area contributed by atoms with Gasteiger partial charge in [0.15, 0.2) is 11.6 Å². The highest BCUT2D eigenvalue weighted by Gasteiger charge is 2.23. The Balaban J connectivity index is 2.42. The van der Waals surface area contributed by atoms with Crippen molar-refractivity contribution in [3.8, 4) is 0 Å². The molecule has 5 N–H and O–H groups in total. The Labute approximate surface area is 193 Å². The van der Waals surface area contributed by atoms with Crippen LogP contribution >= 0.6 is 22.6 Å². The van der Waals surface area contributed by atoms with Crippen molar-refractivity contribution in [3.63, 3.8) is 0 Å². The first-order valence-corrected chi connectivity index (χ1v) is 10.1. The summed E-state index contributed by atoms with van der Waals surface area (Å²) in [6.45, 7) is -1.68. The van der Waals surface area contributed by atoms with Crippen LogP contribution in [0.4, 0.5) is 24.5 Å². The number of carbonyl (C=O) groups is 1. The minimum Gasteiger partial charge on any atom is -0.394 e. The van der Waals surface area contributed by atoms with Crippen LogP contribution in [-0.2, 0) is 9.68 Å². The minimum absolute atomic E-state index is 0.211. The number of aliphatic hydroxyl groups excluding tert-OH is 3. The van der Waals surface area contributed by atoms with Crippen molar-refractivity contribution in [2.45, 2.75) is 6.10 Å². The summed E-state index contributed by atoms with van der Waals surface area (Å²) in [5.41, 5.74) is 0.118. The third-order valence-corrected chi connectivity index (χ3v) is 4.44. The summed E-state index contributed by atoms with van der Waals surface area (Å²) in [7, 11) is 0. The van der Waals surface area contributed by atoms with E-state index in [4.69, 9.17) is 15.1 Å². The molecule has 2 aromatic rings. The molecule has 174 valence electrons. The van der Waals surface area contributed by atoms with E-state index in [1.807, 2.05) is 28.1 Å². The van der Waals surface area contributed by atoms with Crippen molar-refractivity contribution < 1.29 is 43.0 Å².